The van der Waals surface area contributed by atoms with E-state index in [4.69, 9.17) is 19.9 Å². The molecule has 2 aliphatic carbocycles. The third-order valence-electron chi connectivity index (χ3n) is 24.3. The molecule has 0 bridgehead atoms. The van der Waals surface area contributed by atoms with Crippen molar-refractivity contribution in [2.75, 3.05) is 0 Å². The van der Waals surface area contributed by atoms with E-state index in [0.717, 1.165) is 105 Å². The molecule has 5 heteroatoms. The number of hydrogen-bond donors (Lipinski definition) is 0. The maximum Gasteiger partial charge on any atom is 0.160 e. The Bertz CT molecular complexity index is 7350. The third-order valence-corrected chi connectivity index (χ3v) is 25.5. The Morgan fingerprint density at radius 1 is 0.221 bits per heavy atom. The van der Waals surface area contributed by atoms with Gasteiger partial charge >= 0.3 is 0 Å². The van der Waals surface area contributed by atoms with Crippen molar-refractivity contribution in [2.24, 2.45) is 0 Å². The van der Waals surface area contributed by atoms with Gasteiger partial charge < -0.3 is 0 Å². The molecule has 0 spiro atoms. The Hall–Kier alpha value is -13.8. The third kappa shape index (κ3) is 10.6. The lowest BCUT2D eigenvalue weighted by atomic mass is 9.77. The summed E-state index contributed by atoms with van der Waals surface area (Å²) < 4.78 is 2.38. The summed E-state index contributed by atoms with van der Waals surface area (Å²) in [6.45, 7) is 9.55. The van der Waals surface area contributed by atoms with Crippen LogP contribution in [-0.2, 0) is 10.8 Å². The molecule has 0 radical (unpaired) electrons. The summed E-state index contributed by atoms with van der Waals surface area (Å²) in [7, 11) is 0. The van der Waals surface area contributed by atoms with E-state index in [1.165, 1.54) is 114 Å². The van der Waals surface area contributed by atoms with Crippen LogP contribution in [-0.4, -0.2) is 19.9 Å². The lowest BCUT2D eigenvalue weighted by molar-refractivity contribution is 0.661. The number of hydrogen-bond acceptors (Lipinski definition) is 5. The van der Waals surface area contributed by atoms with Crippen LogP contribution in [0.1, 0.15) is 49.9 Å². The molecule has 4 nitrogen and oxygen atoms in total. The van der Waals surface area contributed by atoms with Crippen molar-refractivity contribution in [3.63, 3.8) is 0 Å². The fourth-order valence-electron chi connectivity index (χ4n) is 19.0. The van der Waals surface area contributed by atoms with Gasteiger partial charge in [-0.1, -0.05) is 361 Å². The first-order valence-corrected chi connectivity index (χ1v) is 39.9. The second-order valence-electron chi connectivity index (χ2n) is 31.4. The van der Waals surface area contributed by atoms with E-state index in [2.05, 4.69) is 392 Å². The zero-order chi connectivity index (χ0) is 75.2. The maximum absolute atomic E-state index is 5.60. The van der Waals surface area contributed by atoms with E-state index in [0.29, 0.717) is 11.6 Å². The van der Waals surface area contributed by atoms with E-state index in [1.807, 2.05) is 11.3 Å². The normalized spacial score (nSPS) is 13.1. The molecular formula is C108H72N4S. The highest BCUT2D eigenvalue weighted by Crippen LogP contribution is 2.57. The topological polar surface area (TPSA) is 51.6 Å². The SMILES string of the molecule is CC1(C)c2cccc(-c3cccc(-c4ccc(-c5cc(-c6ccccc6)nc(-c6cccc(-c7ccc(-c8cc(-c9ccc(-c%10ccc(-c%11cccc%12c%11C(C)(C)c%11c-%12ccc%12ccccc%11%12)cc%10)c%10ccccc9%10)nc(-c9ccccc9)n8)c8c7sc7ccccc78)c6)n5)c5ccccc45)c3)c2-c2c1ccc1ccccc21. The van der Waals surface area contributed by atoms with Crippen LogP contribution in [0.3, 0.4) is 0 Å². The molecule has 530 valence electrons. The average molecular weight is 1460 g/mol. The standard InChI is InChI=1S/C108H72N4S/c1-107(2)92-45-24-42-78(101(92)100-77-35-13-11-25-65(77)52-60-93(100)107)72-32-21-31-71(61-72)76-55-58-86(85-40-18-16-38-83(76)85)95-63-94(69-27-7-5-8-28-69)109-106(111-95)74-34-22-33-73(62-74)81-56-59-90(99-91-41-19-20-46-98(91)113-104(81)99)97-64-96(110-105(112-97)70-29-9-6-10-30-70)87-57-54-75(82-37-15-17-39-84(82)87)67-47-49-68(50-48-67)80-43-23-44-88-89-53-51-66-26-12-14-36-79(66)103(89)108(3,4)102(80)88/h5-64H,1-4H3. The Morgan fingerprint density at radius 2 is 0.637 bits per heavy atom. The van der Waals surface area contributed by atoms with Gasteiger partial charge in [0.25, 0.3) is 0 Å². The molecule has 0 N–H and O–H groups in total. The number of rotatable bonds is 11. The van der Waals surface area contributed by atoms with Gasteiger partial charge in [-0.2, -0.15) is 0 Å². The van der Waals surface area contributed by atoms with E-state index >= 15 is 0 Å². The fraction of sp³-hybridized carbons (Fsp3) is 0.0556. The summed E-state index contributed by atoms with van der Waals surface area (Å²) in [5, 5.41) is 12.1. The van der Waals surface area contributed by atoms with Crippen LogP contribution in [0.5, 0.6) is 0 Å². The van der Waals surface area contributed by atoms with E-state index in [1.54, 1.807) is 0 Å². The van der Waals surface area contributed by atoms with Gasteiger partial charge in [0.1, 0.15) is 0 Å². The molecule has 2 aliphatic rings. The number of nitrogens with zero attached hydrogens (tertiary/aromatic N) is 4. The monoisotopic (exact) mass is 1460 g/mol. The highest BCUT2D eigenvalue weighted by molar-refractivity contribution is 7.26. The average Bonchev–Trinajstić information content (AvgIpc) is 1.56. The smallest absolute Gasteiger partial charge is 0.160 e. The summed E-state index contributed by atoms with van der Waals surface area (Å²) in [6, 6.07) is 133. The Morgan fingerprint density at radius 3 is 1.33 bits per heavy atom. The largest absolute Gasteiger partial charge is 0.228 e. The Balaban J connectivity index is 0.627. The first-order chi connectivity index (χ1) is 55.5. The van der Waals surface area contributed by atoms with Gasteiger partial charge in [-0.05, 0) is 174 Å². The highest BCUT2D eigenvalue weighted by atomic mass is 32.1. The number of benzene rings is 17. The van der Waals surface area contributed by atoms with Gasteiger partial charge in [-0.3, -0.25) is 0 Å². The molecule has 0 amide bonds. The van der Waals surface area contributed by atoms with Crippen molar-refractivity contribution < 1.29 is 0 Å². The molecule has 22 rings (SSSR count). The van der Waals surface area contributed by atoms with Crippen LogP contribution < -0.4 is 0 Å². The van der Waals surface area contributed by atoms with Crippen LogP contribution >= 0.6 is 11.3 Å². The number of fused-ring (bicyclic) bond motifs is 15. The first-order valence-electron chi connectivity index (χ1n) is 39.1. The zero-order valence-corrected chi connectivity index (χ0v) is 63.7. The first kappa shape index (κ1) is 66.2. The summed E-state index contributed by atoms with van der Waals surface area (Å²) in [5.41, 5.74) is 31.8. The molecule has 3 aromatic heterocycles. The second-order valence-corrected chi connectivity index (χ2v) is 32.4. The van der Waals surface area contributed by atoms with Gasteiger partial charge in [0, 0.05) is 64.4 Å². The van der Waals surface area contributed by atoms with E-state index in [9.17, 15) is 0 Å². The van der Waals surface area contributed by atoms with Crippen molar-refractivity contribution in [1.82, 2.24) is 19.9 Å². The van der Waals surface area contributed by atoms with Crippen molar-refractivity contribution in [1.29, 1.82) is 0 Å². The summed E-state index contributed by atoms with van der Waals surface area (Å²) in [5.74, 6) is 1.32. The molecule has 0 aliphatic heterocycles. The minimum Gasteiger partial charge on any atom is -0.228 e. The number of aromatic nitrogens is 4. The van der Waals surface area contributed by atoms with Crippen LogP contribution in [0.4, 0.5) is 0 Å². The van der Waals surface area contributed by atoms with Crippen LogP contribution in [0.2, 0.25) is 0 Å². The number of thiophene rings is 1. The van der Waals surface area contributed by atoms with Gasteiger partial charge in [-0.25, -0.2) is 19.9 Å². The molecule has 0 fully saturated rings. The van der Waals surface area contributed by atoms with Crippen molar-refractivity contribution in [3.8, 4) is 146 Å². The van der Waals surface area contributed by atoms with E-state index < -0.39 is 0 Å². The van der Waals surface area contributed by atoms with Crippen LogP contribution in [0.25, 0.3) is 209 Å². The van der Waals surface area contributed by atoms with Gasteiger partial charge in [-0.15, -0.1) is 11.3 Å². The van der Waals surface area contributed by atoms with E-state index in [-0.39, 0.29) is 10.8 Å². The minimum absolute atomic E-state index is 0.140. The Kier molecular flexibility index (Phi) is 15.2. The lowest BCUT2D eigenvalue weighted by Gasteiger charge is -2.26. The molecule has 17 aromatic carbocycles. The lowest BCUT2D eigenvalue weighted by Crippen LogP contribution is -2.16. The molecule has 3 heterocycles. The minimum atomic E-state index is -0.186. The zero-order valence-electron chi connectivity index (χ0n) is 62.8. The quantitative estimate of drug-likeness (QED) is 0.129. The molecule has 0 saturated carbocycles. The second kappa shape index (κ2) is 25.9. The molecular weight excluding hydrogens is 1390 g/mol. The van der Waals surface area contributed by atoms with Crippen LogP contribution in [0, 0.1) is 0 Å². The highest BCUT2D eigenvalue weighted by Gasteiger charge is 2.40. The van der Waals surface area contributed by atoms with Crippen LogP contribution in [0.15, 0.2) is 364 Å². The van der Waals surface area contributed by atoms with Gasteiger partial charge in [0.2, 0.25) is 0 Å². The fourth-order valence-corrected chi connectivity index (χ4v) is 20.3. The summed E-state index contributed by atoms with van der Waals surface area (Å²) in [4.78, 5) is 22.1. The summed E-state index contributed by atoms with van der Waals surface area (Å²) in [6.07, 6.45) is 0. The predicted octanol–water partition coefficient (Wildman–Crippen LogP) is 29.2. The Labute approximate surface area is 660 Å². The van der Waals surface area contributed by atoms with Gasteiger partial charge in [0.05, 0.1) is 22.8 Å². The molecule has 0 atom stereocenters. The maximum atomic E-state index is 5.60. The summed E-state index contributed by atoms with van der Waals surface area (Å²) >= 11 is 1.83. The molecule has 113 heavy (non-hydrogen) atoms. The van der Waals surface area contributed by atoms with Crippen molar-refractivity contribution in [2.45, 2.75) is 38.5 Å². The predicted molar refractivity (Wildman–Crippen MR) is 475 cm³/mol. The van der Waals surface area contributed by atoms with Gasteiger partial charge in [0.15, 0.2) is 11.6 Å². The molecule has 0 saturated heterocycles. The molecule has 0 unspecified atom stereocenters. The molecule has 20 aromatic rings. The van der Waals surface area contributed by atoms with Crippen molar-refractivity contribution >= 4 is 74.6 Å². The van der Waals surface area contributed by atoms with Crippen molar-refractivity contribution in [3.05, 3.63) is 386 Å².